The molecule has 2 nitrogen and oxygen atoms in total. The first-order chi connectivity index (χ1) is 10.2. The van der Waals surface area contributed by atoms with Gasteiger partial charge in [-0.15, -0.1) is 0 Å². The number of carbonyl (C=O) groups is 1. The zero-order chi connectivity index (χ0) is 15.8. The molecule has 0 aliphatic rings. The molecule has 0 aliphatic carbocycles. The number of hydrogen-bond acceptors (Lipinski definition) is 2. The summed E-state index contributed by atoms with van der Waals surface area (Å²) < 4.78 is 0. The van der Waals surface area contributed by atoms with Gasteiger partial charge in [0.1, 0.15) is 0 Å². The van der Waals surface area contributed by atoms with Crippen LogP contribution in [0.5, 0.6) is 0 Å². The summed E-state index contributed by atoms with van der Waals surface area (Å²) in [6, 6.07) is 0. The molecule has 0 rings (SSSR count). The molecule has 1 atom stereocenters. The molecule has 1 N–H and O–H groups in total. The Balaban J connectivity index is -0.000000667. The van der Waals surface area contributed by atoms with Gasteiger partial charge in [0.25, 0.3) is 0 Å². The van der Waals surface area contributed by atoms with E-state index in [4.69, 9.17) is 5.11 Å². The molecule has 1 unspecified atom stereocenters. The van der Waals surface area contributed by atoms with E-state index >= 15 is 0 Å². The summed E-state index contributed by atoms with van der Waals surface area (Å²) in [6.45, 7) is 2.27. The van der Waals surface area contributed by atoms with Crippen LogP contribution in [-0.2, 0) is 4.79 Å². The van der Waals surface area contributed by atoms with Gasteiger partial charge in [-0.25, -0.2) is 0 Å². The monoisotopic (exact) mass is 342 g/mol. The Bertz CT molecular complexity index is 247. The van der Waals surface area contributed by atoms with Crippen molar-refractivity contribution >= 4 is 41.7 Å². The van der Waals surface area contributed by atoms with Gasteiger partial charge in [0.05, 0.1) is 5.25 Å². The molecule has 4 heteroatoms. The van der Waals surface area contributed by atoms with E-state index < -0.39 is 11.2 Å². The van der Waals surface area contributed by atoms with Crippen molar-refractivity contribution in [2.75, 3.05) is 0 Å². The molecule has 22 heavy (non-hydrogen) atoms. The summed E-state index contributed by atoms with van der Waals surface area (Å²) in [5.41, 5.74) is 0. The van der Waals surface area contributed by atoms with Crippen molar-refractivity contribution in [2.24, 2.45) is 0 Å². The molecule has 0 saturated heterocycles. The molecule has 0 heterocycles. The summed E-state index contributed by atoms with van der Waals surface area (Å²) in [6.07, 6.45) is 19.4. The third-order valence-corrected chi connectivity index (χ3v) is 4.60. The first-order valence-corrected chi connectivity index (χ1v) is 9.61. The van der Waals surface area contributed by atoms with Gasteiger partial charge in [-0.3, -0.25) is 4.79 Å². The van der Waals surface area contributed by atoms with Crippen LogP contribution in [0.15, 0.2) is 0 Å². The number of aliphatic carboxylic acids is 1. The van der Waals surface area contributed by atoms with Crippen molar-refractivity contribution in [2.45, 2.75) is 108 Å². The van der Waals surface area contributed by atoms with Gasteiger partial charge < -0.3 is 7.96 Å². The molecule has 0 aromatic heterocycles. The van der Waals surface area contributed by atoms with E-state index in [1.54, 1.807) is 0 Å². The number of unbranched alkanes of at least 4 members (excludes halogenated alkanes) is 13. The minimum atomic E-state index is -0.784. The molecule has 0 radical (unpaired) electrons. The van der Waals surface area contributed by atoms with Crippen molar-refractivity contribution in [1.29, 1.82) is 0 Å². The predicted molar refractivity (Wildman–Crippen MR) is 103 cm³/mol. The molecular formula is C18H38MgO2S. The van der Waals surface area contributed by atoms with Crippen molar-refractivity contribution in [3.63, 3.8) is 0 Å². The molecule has 0 bridgehead atoms. The van der Waals surface area contributed by atoms with Crippen molar-refractivity contribution in [3.8, 4) is 0 Å². The average molecular weight is 343 g/mol. The SMILES string of the molecule is CCCCCCCCCCCCCCCCC(S)C(=O)O.[H-].[H-].[Mg+2]. The Morgan fingerprint density at radius 2 is 1.14 bits per heavy atom. The van der Waals surface area contributed by atoms with Crippen LogP contribution >= 0.6 is 12.6 Å². The normalized spacial score (nSPS) is 11.9. The number of carboxylic acids is 1. The van der Waals surface area contributed by atoms with Crippen molar-refractivity contribution in [3.05, 3.63) is 0 Å². The molecular weight excluding hydrogens is 305 g/mol. The summed E-state index contributed by atoms with van der Waals surface area (Å²) in [5.74, 6) is -0.784. The summed E-state index contributed by atoms with van der Waals surface area (Å²) >= 11 is 4.04. The first kappa shape index (κ1) is 24.8. The van der Waals surface area contributed by atoms with Gasteiger partial charge in [0.2, 0.25) is 0 Å². The maximum Gasteiger partial charge on any atom is 2.00 e. The van der Waals surface area contributed by atoms with Crippen molar-refractivity contribution in [1.82, 2.24) is 0 Å². The Kier molecular flexibility index (Phi) is 22.2. The Morgan fingerprint density at radius 1 is 0.818 bits per heavy atom. The van der Waals surface area contributed by atoms with E-state index in [0.717, 1.165) is 12.8 Å². The van der Waals surface area contributed by atoms with Crippen LogP contribution in [0.25, 0.3) is 0 Å². The summed E-state index contributed by atoms with van der Waals surface area (Å²) in [4.78, 5) is 10.6. The van der Waals surface area contributed by atoms with E-state index in [2.05, 4.69) is 19.6 Å². The first-order valence-electron chi connectivity index (χ1n) is 9.09. The molecule has 0 fully saturated rings. The third-order valence-electron chi connectivity index (χ3n) is 4.12. The largest absolute Gasteiger partial charge is 2.00 e. The number of thiol groups is 1. The molecule has 130 valence electrons. The molecule has 0 amide bonds. The fourth-order valence-corrected chi connectivity index (χ4v) is 2.84. The van der Waals surface area contributed by atoms with E-state index in [1.165, 1.54) is 77.0 Å². The van der Waals surface area contributed by atoms with Gasteiger partial charge in [0.15, 0.2) is 0 Å². The number of rotatable bonds is 16. The summed E-state index contributed by atoms with van der Waals surface area (Å²) in [5, 5.41) is 8.24. The maximum atomic E-state index is 10.6. The molecule has 0 spiro atoms. The molecule has 0 saturated carbocycles. The minimum absolute atomic E-state index is 0. The summed E-state index contributed by atoms with van der Waals surface area (Å²) in [7, 11) is 0. The van der Waals surface area contributed by atoms with Crippen LogP contribution in [0.1, 0.15) is 106 Å². The third kappa shape index (κ3) is 18.6. The molecule has 0 aromatic carbocycles. The second-order valence-corrected chi connectivity index (χ2v) is 6.86. The zero-order valence-corrected chi connectivity index (χ0v) is 17.0. The maximum absolute atomic E-state index is 10.6. The second-order valence-electron chi connectivity index (χ2n) is 6.24. The van der Waals surface area contributed by atoms with Gasteiger partial charge in [0, 0.05) is 0 Å². The van der Waals surface area contributed by atoms with Crippen LogP contribution in [0.3, 0.4) is 0 Å². The van der Waals surface area contributed by atoms with Crippen LogP contribution in [-0.4, -0.2) is 39.4 Å². The molecule has 0 aromatic rings. The predicted octanol–water partition coefficient (Wildman–Crippen LogP) is 6.09. The van der Waals surface area contributed by atoms with E-state index in [1.807, 2.05) is 0 Å². The standard InChI is InChI=1S/C18H36O2S.Mg.2H/c1-2-3-4-5-6-7-8-9-10-11-12-13-14-15-16-17(21)18(19)20;;;/h17,21H,2-16H2,1H3,(H,19,20);;;/q;+2;2*-1. The fourth-order valence-electron chi connectivity index (χ4n) is 2.66. The van der Waals surface area contributed by atoms with Gasteiger partial charge in [-0.05, 0) is 6.42 Å². The number of carboxylic acid groups (broad SMARTS) is 1. The van der Waals surface area contributed by atoms with Gasteiger partial charge >= 0.3 is 29.0 Å². The van der Waals surface area contributed by atoms with Crippen LogP contribution in [0, 0.1) is 0 Å². The van der Waals surface area contributed by atoms with Crippen molar-refractivity contribution < 1.29 is 12.8 Å². The van der Waals surface area contributed by atoms with Crippen LogP contribution in [0.2, 0.25) is 0 Å². The number of hydrogen-bond donors (Lipinski definition) is 2. The smallest absolute Gasteiger partial charge is 1.00 e. The van der Waals surface area contributed by atoms with E-state index in [-0.39, 0.29) is 25.9 Å². The van der Waals surface area contributed by atoms with Gasteiger partial charge in [-0.2, -0.15) is 12.6 Å². The minimum Gasteiger partial charge on any atom is -1.00 e. The van der Waals surface area contributed by atoms with E-state index in [9.17, 15) is 4.79 Å². The Labute approximate surface area is 162 Å². The second kappa shape index (κ2) is 19.6. The molecule has 0 aliphatic heterocycles. The van der Waals surface area contributed by atoms with Crippen LogP contribution in [0.4, 0.5) is 0 Å². The van der Waals surface area contributed by atoms with Crippen LogP contribution < -0.4 is 0 Å². The topological polar surface area (TPSA) is 37.3 Å². The van der Waals surface area contributed by atoms with Gasteiger partial charge in [-0.1, -0.05) is 96.8 Å². The quantitative estimate of drug-likeness (QED) is 0.202. The Morgan fingerprint density at radius 3 is 1.45 bits per heavy atom. The fraction of sp³-hybridized carbons (Fsp3) is 0.944. The zero-order valence-electron chi connectivity index (χ0n) is 16.7. The Hall–Kier alpha value is 0.586. The van der Waals surface area contributed by atoms with E-state index in [0.29, 0.717) is 6.42 Å². The average Bonchev–Trinajstić information content (AvgIpc) is 2.47.